The number of carbonyl (C=O) groups is 4. The largest absolute Gasteiger partial charge is 0.465 e. The zero-order valence-electron chi connectivity index (χ0n) is 40.5. The predicted octanol–water partition coefficient (Wildman–Crippen LogP) is 12.5. The Balaban J connectivity index is 1.21. The van der Waals surface area contributed by atoms with Crippen molar-refractivity contribution < 1.29 is 33.8 Å². The van der Waals surface area contributed by atoms with E-state index in [9.17, 15) is 24.3 Å². The molecule has 0 bridgehead atoms. The highest BCUT2D eigenvalue weighted by atomic mass is 16.6. The lowest BCUT2D eigenvalue weighted by Crippen LogP contribution is -2.52. The number of hydrogen-bond acceptors (Lipinski definition) is 7. The Morgan fingerprint density at radius 3 is 2.02 bits per heavy atom. The van der Waals surface area contributed by atoms with E-state index in [2.05, 4.69) is 62.3 Å². The number of Topliss-reactive ketones (excluding diaryl/α,β-unsaturated/α-hetero) is 1. The van der Waals surface area contributed by atoms with Gasteiger partial charge in [0.15, 0.2) is 0 Å². The fourth-order valence-corrected chi connectivity index (χ4v) is 16.2. The first-order chi connectivity index (χ1) is 28.9. The van der Waals surface area contributed by atoms with Gasteiger partial charge in [-0.15, -0.1) is 0 Å². The Morgan fingerprint density at radius 2 is 1.36 bits per heavy atom. The topological polar surface area (TPSA) is 107 Å². The second-order valence-electron chi connectivity index (χ2n) is 24.1. The molecule has 1 heterocycles. The molecular formula is C54H90O7. The molecule has 5 saturated carbocycles. The SMILES string of the molecule is CC(C)CCC[C@@H](COC(=O)C[C@@H]1C([C@@]2(C)CC[C@H](O)CC2=O)CC[C@@]2(C)C1CC[C@@H]2[C@H](C)CCCC(C)C)[C@H]1CCC2[C@H](CC=O)C([C@@]3(C)CCCCC(=O)O3)CC[C@@]21C. The van der Waals surface area contributed by atoms with Crippen LogP contribution in [-0.2, 0) is 28.7 Å². The molecule has 6 fully saturated rings. The van der Waals surface area contributed by atoms with Crippen molar-refractivity contribution in [3.05, 3.63) is 0 Å². The van der Waals surface area contributed by atoms with Gasteiger partial charge in [-0.3, -0.25) is 14.4 Å². The van der Waals surface area contributed by atoms with E-state index < -0.39 is 17.1 Å². The fourth-order valence-electron chi connectivity index (χ4n) is 16.2. The maximum atomic E-state index is 14.6. The number of ketones is 1. The summed E-state index contributed by atoms with van der Waals surface area (Å²) in [5.74, 6) is 4.67. The lowest BCUT2D eigenvalue weighted by molar-refractivity contribution is -0.173. The van der Waals surface area contributed by atoms with Gasteiger partial charge in [0.2, 0.25) is 0 Å². The number of esters is 2. The number of aliphatic hydroxyl groups excluding tert-OH is 1. The minimum atomic E-state index is -0.550. The molecule has 0 spiro atoms. The van der Waals surface area contributed by atoms with Crippen LogP contribution in [0.2, 0.25) is 0 Å². The lowest BCUT2D eigenvalue weighted by atomic mass is 9.49. The van der Waals surface area contributed by atoms with Crippen LogP contribution in [0.1, 0.15) is 210 Å². The molecule has 7 nitrogen and oxygen atoms in total. The maximum Gasteiger partial charge on any atom is 0.306 e. The molecule has 6 aliphatic rings. The Bertz CT molecular complexity index is 1510. The highest BCUT2D eigenvalue weighted by Gasteiger charge is 2.61. The Labute approximate surface area is 372 Å². The molecule has 1 aliphatic heterocycles. The molecule has 348 valence electrons. The van der Waals surface area contributed by atoms with E-state index in [1.165, 1.54) is 25.7 Å². The summed E-state index contributed by atoms with van der Waals surface area (Å²) in [4.78, 5) is 53.7. The summed E-state index contributed by atoms with van der Waals surface area (Å²) in [6.45, 7) is 21.5. The Morgan fingerprint density at radius 1 is 0.738 bits per heavy atom. The van der Waals surface area contributed by atoms with E-state index in [4.69, 9.17) is 9.47 Å². The molecule has 5 aliphatic carbocycles. The van der Waals surface area contributed by atoms with Crippen molar-refractivity contribution in [1.29, 1.82) is 0 Å². The predicted molar refractivity (Wildman–Crippen MR) is 243 cm³/mol. The summed E-state index contributed by atoms with van der Waals surface area (Å²) in [5.41, 5.74) is -0.847. The number of carbonyl (C=O) groups excluding carboxylic acids is 4. The molecule has 7 heteroatoms. The third-order valence-electron chi connectivity index (χ3n) is 19.6. The number of aliphatic hydroxyl groups is 1. The van der Waals surface area contributed by atoms with Gasteiger partial charge in [-0.25, -0.2) is 0 Å². The summed E-state index contributed by atoms with van der Waals surface area (Å²) < 4.78 is 12.9. The number of aldehydes is 1. The molecular weight excluding hydrogens is 761 g/mol. The molecule has 1 saturated heterocycles. The fraction of sp³-hybridized carbons (Fsp3) is 0.926. The molecule has 0 aromatic heterocycles. The van der Waals surface area contributed by atoms with Crippen LogP contribution in [0.15, 0.2) is 0 Å². The van der Waals surface area contributed by atoms with Crippen LogP contribution in [-0.4, -0.2) is 47.4 Å². The van der Waals surface area contributed by atoms with Gasteiger partial charge in [0.1, 0.15) is 17.7 Å². The third kappa shape index (κ3) is 10.4. The molecule has 0 aromatic carbocycles. The van der Waals surface area contributed by atoms with Crippen LogP contribution in [0.3, 0.4) is 0 Å². The molecule has 0 amide bonds. The van der Waals surface area contributed by atoms with Crippen molar-refractivity contribution >= 4 is 24.0 Å². The van der Waals surface area contributed by atoms with E-state index in [1.807, 2.05) is 0 Å². The van der Waals surface area contributed by atoms with Gasteiger partial charge >= 0.3 is 11.9 Å². The van der Waals surface area contributed by atoms with Crippen molar-refractivity contribution in [2.75, 3.05) is 6.61 Å². The number of hydrogen-bond donors (Lipinski definition) is 1. The summed E-state index contributed by atoms with van der Waals surface area (Å²) >= 11 is 0. The molecule has 1 N–H and O–H groups in total. The minimum Gasteiger partial charge on any atom is -0.465 e. The van der Waals surface area contributed by atoms with Crippen molar-refractivity contribution in [2.45, 2.75) is 222 Å². The highest BCUT2D eigenvalue weighted by Crippen LogP contribution is 2.66. The second kappa shape index (κ2) is 20.2. The van der Waals surface area contributed by atoms with Crippen LogP contribution < -0.4 is 0 Å². The van der Waals surface area contributed by atoms with Gasteiger partial charge in [0.25, 0.3) is 0 Å². The zero-order chi connectivity index (χ0) is 44.3. The smallest absolute Gasteiger partial charge is 0.306 e. The van der Waals surface area contributed by atoms with Crippen molar-refractivity contribution in [3.63, 3.8) is 0 Å². The Kier molecular flexibility index (Phi) is 16.1. The first-order valence-corrected chi connectivity index (χ1v) is 25.9. The van der Waals surface area contributed by atoms with Crippen LogP contribution in [0.25, 0.3) is 0 Å². The first-order valence-electron chi connectivity index (χ1n) is 25.9. The number of cyclic esters (lactones) is 1. The van der Waals surface area contributed by atoms with E-state index in [0.717, 1.165) is 95.7 Å². The molecule has 6 rings (SSSR count). The zero-order valence-corrected chi connectivity index (χ0v) is 40.5. The lowest BCUT2D eigenvalue weighted by Gasteiger charge is -2.55. The third-order valence-corrected chi connectivity index (χ3v) is 19.6. The maximum absolute atomic E-state index is 14.6. The summed E-state index contributed by atoms with van der Waals surface area (Å²) in [5, 5.41) is 10.5. The van der Waals surface area contributed by atoms with Crippen molar-refractivity contribution in [3.8, 4) is 0 Å². The number of ether oxygens (including phenoxy) is 2. The number of fused-ring (bicyclic) bond motifs is 2. The van der Waals surface area contributed by atoms with E-state index >= 15 is 0 Å². The van der Waals surface area contributed by atoms with Gasteiger partial charge in [-0.1, -0.05) is 87.5 Å². The van der Waals surface area contributed by atoms with Gasteiger partial charge in [0, 0.05) is 37.0 Å². The standard InChI is InChI=1S/C54H90O7/c1-35(2)14-12-16-37(5)42-19-21-45-41(46(24-29-51(42,45)6)53(8)28-23-39(56)32-48(53)57)33-50(59)60-34-38(17-13-15-36(3)4)43-20-22-44-40(26-31-55)47(25-30-52(43,44)7)54(9)27-11-10-18-49(58)61-54/h31,35-47,56H,10-30,32-34H2,1-9H3/t37-,38+,39+,40+,41+,42-,43-,44?,45?,46?,47?,51-,52-,53-,54-/m1/s1. The Hall–Kier alpha value is -1.76. The normalized spacial score (nSPS) is 41.5. The quantitative estimate of drug-likeness (QED) is 0.108. The van der Waals surface area contributed by atoms with E-state index in [-0.39, 0.29) is 64.6 Å². The minimum absolute atomic E-state index is 0.0334. The first kappa shape index (κ1) is 48.7. The average molecular weight is 851 g/mol. The van der Waals surface area contributed by atoms with Crippen LogP contribution in [0.4, 0.5) is 0 Å². The van der Waals surface area contributed by atoms with Crippen LogP contribution >= 0.6 is 0 Å². The van der Waals surface area contributed by atoms with Crippen molar-refractivity contribution in [1.82, 2.24) is 0 Å². The number of rotatable bonds is 18. The second-order valence-corrected chi connectivity index (χ2v) is 24.1. The molecule has 4 unspecified atom stereocenters. The van der Waals surface area contributed by atoms with Gasteiger partial charge in [-0.2, -0.15) is 0 Å². The average Bonchev–Trinajstić information content (AvgIpc) is 3.67. The van der Waals surface area contributed by atoms with Crippen molar-refractivity contribution in [2.24, 2.45) is 87.3 Å². The van der Waals surface area contributed by atoms with Gasteiger partial charge < -0.3 is 19.4 Å². The summed E-state index contributed by atoms with van der Waals surface area (Å²) in [7, 11) is 0. The highest BCUT2D eigenvalue weighted by molar-refractivity contribution is 5.86. The summed E-state index contributed by atoms with van der Waals surface area (Å²) in [6.07, 6.45) is 22.0. The van der Waals surface area contributed by atoms with Gasteiger partial charge in [0.05, 0.1) is 12.7 Å². The monoisotopic (exact) mass is 851 g/mol. The molecule has 0 aromatic rings. The van der Waals surface area contributed by atoms with Gasteiger partial charge in [-0.05, 0) is 173 Å². The summed E-state index contributed by atoms with van der Waals surface area (Å²) in [6, 6.07) is 0. The molecule has 15 atom stereocenters. The van der Waals surface area contributed by atoms with E-state index in [1.54, 1.807) is 0 Å². The van der Waals surface area contributed by atoms with Crippen LogP contribution in [0, 0.1) is 87.3 Å². The van der Waals surface area contributed by atoms with E-state index in [0.29, 0.717) is 74.2 Å². The van der Waals surface area contributed by atoms with Crippen LogP contribution in [0.5, 0.6) is 0 Å². The molecule has 0 radical (unpaired) electrons. The molecule has 61 heavy (non-hydrogen) atoms.